The number of halogens is 1. The lowest BCUT2D eigenvalue weighted by Crippen LogP contribution is -2.41. The highest BCUT2D eigenvalue weighted by Crippen LogP contribution is 2.36. The molecule has 5 nitrogen and oxygen atoms in total. The van der Waals surface area contributed by atoms with Crippen LogP contribution in [0.5, 0.6) is 0 Å². The van der Waals surface area contributed by atoms with Gasteiger partial charge in [0, 0.05) is 5.02 Å². The molecule has 0 unspecified atom stereocenters. The first-order valence-electron chi connectivity index (χ1n) is 9.79. The van der Waals surface area contributed by atoms with E-state index in [0.717, 1.165) is 27.1 Å². The molecule has 0 aliphatic carbocycles. The second-order valence-corrected chi connectivity index (χ2v) is 8.95. The molecule has 29 heavy (non-hydrogen) atoms. The lowest BCUT2D eigenvalue weighted by atomic mass is 9.79. The fraction of sp³-hybridized carbons (Fsp3) is 0.364. The van der Waals surface area contributed by atoms with Crippen molar-refractivity contribution in [1.29, 1.82) is 0 Å². The summed E-state index contributed by atoms with van der Waals surface area (Å²) in [6, 6.07) is 13.8. The van der Waals surface area contributed by atoms with E-state index in [9.17, 15) is 0 Å². The number of aromatic nitrogens is 2. The minimum atomic E-state index is -0.410. The molecule has 1 aromatic heterocycles. The van der Waals surface area contributed by atoms with Gasteiger partial charge in [-0.3, -0.25) is 4.98 Å². The van der Waals surface area contributed by atoms with Crippen LogP contribution >= 0.6 is 11.6 Å². The Morgan fingerprint density at radius 1 is 1.00 bits per heavy atom. The van der Waals surface area contributed by atoms with Crippen LogP contribution in [0, 0.1) is 0 Å². The molecular weight excluding hydrogens is 385 g/mol. The molecule has 150 valence electrons. The topological polar surface area (TPSA) is 56.3 Å². The summed E-state index contributed by atoms with van der Waals surface area (Å²) in [6.45, 7) is 10.3. The maximum absolute atomic E-state index is 6.14. The van der Waals surface area contributed by atoms with Gasteiger partial charge < -0.3 is 14.6 Å². The van der Waals surface area contributed by atoms with Crippen molar-refractivity contribution in [3.05, 3.63) is 59.2 Å². The quantitative estimate of drug-likeness (QED) is 0.630. The maximum atomic E-state index is 6.14. The Morgan fingerprint density at radius 3 is 2.41 bits per heavy atom. The van der Waals surface area contributed by atoms with Gasteiger partial charge in [-0.15, -0.1) is 0 Å². The van der Waals surface area contributed by atoms with Crippen LogP contribution in [0.1, 0.15) is 46.2 Å². The Kier molecular flexibility index (Phi) is 5.05. The van der Waals surface area contributed by atoms with E-state index in [4.69, 9.17) is 25.9 Å². The van der Waals surface area contributed by atoms with Gasteiger partial charge >= 0.3 is 7.12 Å². The summed E-state index contributed by atoms with van der Waals surface area (Å²) in [6.07, 6.45) is 1.75. The zero-order valence-corrected chi connectivity index (χ0v) is 18.1. The molecule has 7 heteroatoms. The van der Waals surface area contributed by atoms with E-state index in [1.165, 1.54) is 0 Å². The SMILES string of the molecule is C[C@@H](Nc1cnc2cc(B3OC(C)(C)C(C)(C)O3)ccc2n1)c1cccc(Cl)c1. The number of nitrogens with one attached hydrogen (secondary N) is 1. The molecule has 4 rings (SSSR count). The minimum absolute atomic E-state index is 0.0597. The van der Waals surface area contributed by atoms with Crippen LogP contribution in [0.25, 0.3) is 11.0 Å². The second-order valence-electron chi connectivity index (χ2n) is 8.51. The molecule has 0 spiro atoms. The molecule has 2 heterocycles. The van der Waals surface area contributed by atoms with Crippen LogP contribution in [0.2, 0.25) is 5.02 Å². The average Bonchev–Trinajstić information content (AvgIpc) is 2.88. The molecule has 1 fully saturated rings. The smallest absolute Gasteiger partial charge is 0.399 e. The number of benzene rings is 2. The van der Waals surface area contributed by atoms with Crippen LogP contribution in [0.15, 0.2) is 48.7 Å². The van der Waals surface area contributed by atoms with Crippen LogP contribution in [0.3, 0.4) is 0 Å². The van der Waals surface area contributed by atoms with Crippen molar-refractivity contribution in [1.82, 2.24) is 9.97 Å². The highest BCUT2D eigenvalue weighted by molar-refractivity contribution is 6.62. The lowest BCUT2D eigenvalue weighted by molar-refractivity contribution is 0.00578. The van der Waals surface area contributed by atoms with Crippen molar-refractivity contribution in [2.75, 3.05) is 5.32 Å². The summed E-state index contributed by atoms with van der Waals surface area (Å²) < 4.78 is 12.3. The molecule has 0 radical (unpaired) electrons. The van der Waals surface area contributed by atoms with Gasteiger partial charge in [0.2, 0.25) is 0 Å². The lowest BCUT2D eigenvalue weighted by Gasteiger charge is -2.32. The minimum Gasteiger partial charge on any atom is -0.399 e. The highest BCUT2D eigenvalue weighted by atomic mass is 35.5. The summed E-state index contributed by atoms with van der Waals surface area (Å²) in [4.78, 5) is 9.29. The van der Waals surface area contributed by atoms with Crippen LogP contribution in [-0.2, 0) is 9.31 Å². The third-order valence-electron chi connectivity index (χ3n) is 5.80. The zero-order chi connectivity index (χ0) is 20.8. The molecule has 1 aliphatic heterocycles. The summed E-state index contributed by atoms with van der Waals surface area (Å²) in [5.74, 6) is 0.716. The molecule has 1 aliphatic rings. The van der Waals surface area contributed by atoms with E-state index in [0.29, 0.717) is 5.82 Å². The first-order chi connectivity index (χ1) is 13.6. The number of hydrogen-bond donors (Lipinski definition) is 1. The van der Waals surface area contributed by atoms with E-state index in [1.54, 1.807) is 6.20 Å². The van der Waals surface area contributed by atoms with Gasteiger partial charge in [0.15, 0.2) is 0 Å². The number of hydrogen-bond acceptors (Lipinski definition) is 5. The molecule has 2 aromatic carbocycles. The standard InChI is InChI=1S/C22H25BClN3O2/c1-14(15-7-6-8-17(24)11-15)26-20-13-25-19-12-16(9-10-18(19)27-20)23-28-21(2,3)22(4,5)29-23/h6-14H,1-5H3,(H,26,27)/t14-/m1/s1. The maximum Gasteiger partial charge on any atom is 0.494 e. The van der Waals surface area contributed by atoms with Crippen molar-refractivity contribution in [2.45, 2.75) is 51.9 Å². The molecule has 0 bridgehead atoms. The second kappa shape index (κ2) is 7.28. The fourth-order valence-corrected chi connectivity index (χ4v) is 3.50. The normalized spacial score (nSPS) is 18.8. The summed E-state index contributed by atoms with van der Waals surface area (Å²) in [7, 11) is -0.410. The van der Waals surface area contributed by atoms with Crippen LogP contribution < -0.4 is 10.8 Å². The van der Waals surface area contributed by atoms with E-state index in [-0.39, 0.29) is 17.2 Å². The van der Waals surface area contributed by atoms with Gasteiger partial charge in [-0.1, -0.05) is 29.8 Å². The summed E-state index contributed by atoms with van der Waals surface area (Å²) >= 11 is 6.10. The summed E-state index contributed by atoms with van der Waals surface area (Å²) in [5, 5.41) is 4.11. The number of fused-ring (bicyclic) bond motifs is 1. The van der Waals surface area contributed by atoms with Crippen molar-refractivity contribution in [3.8, 4) is 0 Å². The van der Waals surface area contributed by atoms with E-state index in [2.05, 4.69) is 17.2 Å². The third kappa shape index (κ3) is 3.97. The van der Waals surface area contributed by atoms with Gasteiger partial charge in [0.05, 0.1) is 34.5 Å². The van der Waals surface area contributed by atoms with E-state index < -0.39 is 7.12 Å². The summed E-state index contributed by atoms with van der Waals surface area (Å²) in [5.41, 5.74) is 2.91. The molecule has 1 N–H and O–H groups in total. The van der Waals surface area contributed by atoms with Gasteiger partial charge in [-0.25, -0.2) is 4.98 Å². The third-order valence-corrected chi connectivity index (χ3v) is 6.04. The van der Waals surface area contributed by atoms with Crippen LogP contribution in [0.4, 0.5) is 5.82 Å². The van der Waals surface area contributed by atoms with Crippen molar-refractivity contribution in [2.24, 2.45) is 0 Å². The predicted octanol–water partition coefficient (Wildman–Crippen LogP) is 4.76. The van der Waals surface area contributed by atoms with Gasteiger partial charge in [-0.2, -0.15) is 0 Å². The Hall–Kier alpha value is -2.15. The van der Waals surface area contributed by atoms with Crippen LogP contribution in [-0.4, -0.2) is 28.3 Å². The average molecular weight is 410 g/mol. The Labute approximate surface area is 176 Å². The van der Waals surface area contributed by atoms with Crippen molar-refractivity contribution < 1.29 is 9.31 Å². The fourth-order valence-electron chi connectivity index (χ4n) is 3.30. The monoisotopic (exact) mass is 409 g/mol. The largest absolute Gasteiger partial charge is 0.494 e. The molecule has 3 aromatic rings. The van der Waals surface area contributed by atoms with Gasteiger partial charge in [0.1, 0.15) is 5.82 Å². The van der Waals surface area contributed by atoms with Gasteiger partial charge in [0.25, 0.3) is 0 Å². The number of anilines is 1. The van der Waals surface area contributed by atoms with Gasteiger partial charge in [-0.05, 0) is 69.9 Å². The van der Waals surface area contributed by atoms with Crippen molar-refractivity contribution >= 4 is 41.0 Å². The van der Waals surface area contributed by atoms with E-state index >= 15 is 0 Å². The Balaban J connectivity index is 1.55. The van der Waals surface area contributed by atoms with Crippen molar-refractivity contribution in [3.63, 3.8) is 0 Å². The molecular formula is C22H25BClN3O2. The molecule has 0 saturated carbocycles. The zero-order valence-electron chi connectivity index (χ0n) is 17.4. The Morgan fingerprint density at radius 2 is 1.72 bits per heavy atom. The molecule has 1 saturated heterocycles. The molecule has 1 atom stereocenters. The number of nitrogens with zero attached hydrogens (tertiary/aromatic N) is 2. The number of rotatable bonds is 4. The Bertz CT molecular complexity index is 1040. The first kappa shape index (κ1) is 20.1. The highest BCUT2D eigenvalue weighted by Gasteiger charge is 2.51. The van der Waals surface area contributed by atoms with E-state index in [1.807, 2.05) is 70.2 Å². The molecule has 0 amide bonds. The predicted molar refractivity (Wildman–Crippen MR) is 119 cm³/mol. The first-order valence-corrected chi connectivity index (χ1v) is 10.2.